The van der Waals surface area contributed by atoms with Gasteiger partial charge in [-0.2, -0.15) is 0 Å². The number of aryl methyl sites for hydroxylation is 1. The van der Waals surface area contributed by atoms with Crippen LogP contribution >= 0.6 is 15.9 Å². The molecule has 1 aliphatic rings. The molecule has 1 aromatic rings. The van der Waals surface area contributed by atoms with Gasteiger partial charge in [0, 0.05) is 23.2 Å². The topological polar surface area (TPSA) is 21.3 Å². The van der Waals surface area contributed by atoms with Gasteiger partial charge in [-0.3, -0.25) is 0 Å². The fourth-order valence-electron chi connectivity index (χ4n) is 2.05. The van der Waals surface area contributed by atoms with E-state index in [1.165, 1.54) is 15.6 Å². The highest BCUT2D eigenvalue weighted by atomic mass is 79.9. The summed E-state index contributed by atoms with van der Waals surface area (Å²) in [5, 5.41) is 3.60. The van der Waals surface area contributed by atoms with Gasteiger partial charge in [0.25, 0.3) is 0 Å². The van der Waals surface area contributed by atoms with Gasteiger partial charge in [0.1, 0.15) is 0 Å². The largest absolute Gasteiger partial charge is 0.380 e. The minimum absolute atomic E-state index is 0.387. The Labute approximate surface area is 106 Å². The maximum atomic E-state index is 5.37. The molecule has 0 saturated carbocycles. The molecule has 0 aliphatic carbocycles. The van der Waals surface area contributed by atoms with E-state index in [-0.39, 0.29) is 0 Å². The summed E-state index contributed by atoms with van der Waals surface area (Å²) in [6.07, 6.45) is 1.12. The Morgan fingerprint density at radius 3 is 2.94 bits per heavy atom. The van der Waals surface area contributed by atoms with E-state index in [4.69, 9.17) is 4.74 Å². The highest BCUT2D eigenvalue weighted by Crippen LogP contribution is 2.22. The van der Waals surface area contributed by atoms with E-state index in [1.807, 2.05) is 0 Å². The van der Waals surface area contributed by atoms with Crippen molar-refractivity contribution in [2.75, 3.05) is 13.2 Å². The van der Waals surface area contributed by atoms with E-state index in [0.29, 0.717) is 12.1 Å². The van der Waals surface area contributed by atoms with Crippen LogP contribution in [0.2, 0.25) is 0 Å². The van der Waals surface area contributed by atoms with Gasteiger partial charge < -0.3 is 10.1 Å². The predicted octanol–water partition coefficient (Wildman–Crippen LogP) is 3.20. The van der Waals surface area contributed by atoms with Crippen molar-refractivity contribution < 1.29 is 4.74 Å². The molecule has 2 atom stereocenters. The second kappa shape index (κ2) is 5.30. The number of hydrogen-bond acceptors (Lipinski definition) is 2. The van der Waals surface area contributed by atoms with Gasteiger partial charge in [0.05, 0.1) is 6.61 Å². The molecule has 1 aromatic carbocycles. The lowest BCUT2D eigenvalue weighted by Gasteiger charge is -2.19. The molecular formula is C13H18BrNO. The van der Waals surface area contributed by atoms with Crippen LogP contribution < -0.4 is 5.32 Å². The second-order valence-electron chi connectivity index (χ2n) is 4.46. The molecule has 1 N–H and O–H groups in total. The minimum Gasteiger partial charge on any atom is -0.380 e. The maximum absolute atomic E-state index is 5.37. The van der Waals surface area contributed by atoms with Crippen LogP contribution in [0.1, 0.15) is 30.5 Å². The number of ether oxygens (including phenoxy) is 1. The van der Waals surface area contributed by atoms with Crippen molar-refractivity contribution in [2.45, 2.75) is 32.4 Å². The molecule has 2 rings (SSSR count). The molecule has 0 amide bonds. The van der Waals surface area contributed by atoms with Crippen molar-refractivity contribution in [3.05, 3.63) is 33.8 Å². The van der Waals surface area contributed by atoms with Crippen LogP contribution in [0.15, 0.2) is 22.7 Å². The molecular weight excluding hydrogens is 266 g/mol. The normalized spacial score (nSPS) is 22.3. The molecule has 2 unspecified atom stereocenters. The van der Waals surface area contributed by atoms with Gasteiger partial charge in [0.15, 0.2) is 0 Å². The second-order valence-corrected chi connectivity index (χ2v) is 5.31. The fourth-order valence-corrected chi connectivity index (χ4v) is 2.30. The van der Waals surface area contributed by atoms with E-state index in [9.17, 15) is 0 Å². The van der Waals surface area contributed by atoms with Crippen molar-refractivity contribution in [3.8, 4) is 0 Å². The first-order chi connectivity index (χ1) is 7.66. The van der Waals surface area contributed by atoms with Crippen molar-refractivity contribution >= 4 is 15.9 Å². The summed E-state index contributed by atoms with van der Waals surface area (Å²) in [5.41, 5.74) is 2.63. The Morgan fingerprint density at radius 1 is 1.50 bits per heavy atom. The van der Waals surface area contributed by atoms with Crippen molar-refractivity contribution in [1.82, 2.24) is 5.32 Å². The van der Waals surface area contributed by atoms with Crippen molar-refractivity contribution in [2.24, 2.45) is 0 Å². The summed E-state index contributed by atoms with van der Waals surface area (Å²) in [6.45, 7) is 6.07. The number of halogens is 1. The van der Waals surface area contributed by atoms with Crippen LogP contribution in [0.5, 0.6) is 0 Å². The molecule has 1 aliphatic heterocycles. The molecule has 88 valence electrons. The SMILES string of the molecule is Cc1cc(C(C)NC2CCOC2)ccc1Br. The molecule has 16 heavy (non-hydrogen) atoms. The third-order valence-electron chi connectivity index (χ3n) is 3.10. The zero-order valence-electron chi connectivity index (χ0n) is 9.79. The first-order valence-corrected chi connectivity index (χ1v) is 6.56. The van der Waals surface area contributed by atoms with Crippen LogP contribution in [-0.4, -0.2) is 19.3 Å². The first kappa shape index (κ1) is 12.1. The molecule has 0 bridgehead atoms. The third kappa shape index (κ3) is 2.84. The van der Waals surface area contributed by atoms with Crippen LogP contribution in [0, 0.1) is 6.92 Å². The molecule has 1 fully saturated rings. The Hall–Kier alpha value is -0.380. The summed E-state index contributed by atoms with van der Waals surface area (Å²) in [5.74, 6) is 0. The lowest BCUT2D eigenvalue weighted by atomic mass is 10.0. The van der Waals surface area contributed by atoms with E-state index < -0.39 is 0 Å². The number of rotatable bonds is 3. The molecule has 1 heterocycles. The average Bonchev–Trinajstić information content (AvgIpc) is 2.74. The molecule has 2 nitrogen and oxygen atoms in total. The van der Waals surface area contributed by atoms with Gasteiger partial charge >= 0.3 is 0 Å². The lowest BCUT2D eigenvalue weighted by Crippen LogP contribution is -2.31. The molecule has 0 radical (unpaired) electrons. The zero-order chi connectivity index (χ0) is 11.5. The summed E-state index contributed by atoms with van der Waals surface area (Å²) in [6, 6.07) is 7.42. The molecule has 0 aromatic heterocycles. The van der Waals surface area contributed by atoms with Gasteiger partial charge in [-0.15, -0.1) is 0 Å². The van der Waals surface area contributed by atoms with Crippen molar-refractivity contribution in [1.29, 1.82) is 0 Å². The van der Waals surface area contributed by atoms with Crippen LogP contribution in [0.3, 0.4) is 0 Å². The first-order valence-electron chi connectivity index (χ1n) is 5.76. The van der Waals surface area contributed by atoms with Crippen LogP contribution in [-0.2, 0) is 4.74 Å². The highest BCUT2D eigenvalue weighted by molar-refractivity contribution is 9.10. The summed E-state index contributed by atoms with van der Waals surface area (Å²) in [4.78, 5) is 0. The Kier molecular flexibility index (Phi) is 4.00. The Balaban J connectivity index is 2.02. The highest BCUT2D eigenvalue weighted by Gasteiger charge is 2.18. The number of benzene rings is 1. The minimum atomic E-state index is 0.387. The van der Waals surface area contributed by atoms with Crippen LogP contribution in [0.4, 0.5) is 0 Å². The molecule has 1 saturated heterocycles. The lowest BCUT2D eigenvalue weighted by molar-refractivity contribution is 0.188. The van der Waals surface area contributed by atoms with E-state index in [2.05, 4.69) is 53.3 Å². The average molecular weight is 284 g/mol. The quantitative estimate of drug-likeness (QED) is 0.920. The van der Waals surface area contributed by atoms with E-state index in [0.717, 1.165) is 19.6 Å². The van der Waals surface area contributed by atoms with Gasteiger partial charge in [-0.1, -0.05) is 28.1 Å². The third-order valence-corrected chi connectivity index (χ3v) is 3.99. The van der Waals surface area contributed by atoms with Gasteiger partial charge in [0.2, 0.25) is 0 Å². The summed E-state index contributed by atoms with van der Waals surface area (Å²) >= 11 is 3.53. The van der Waals surface area contributed by atoms with Gasteiger partial charge in [-0.05, 0) is 37.5 Å². The Morgan fingerprint density at radius 2 is 2.31 bits per heavy atom. The maximum Gasteiger partial charge on any atom is 0.0620 e. The standard InChI is InChI=1S/C13H18BrNO/c1-9-7-11(3-4-13(9)14)10(2)15-12-5-6-16-8-12/h3-4,7,10,12,15H,5-6,8H2,1-2H3. The Bertz CT molecular complexity index is 361. The van der Waals surface area contributed by atoms with Crippen molar-refractivity contribution in [3.63, 3.8) is 0 Å². The summed E-state index contributed by atoms with van der Waals surface area (Å²) in [7, 11) is 0. The molecule has 3 heteroatoms. The smallest absolute Gasteiger partial charge is 0.0620 e. The number of hydrogen-bond donors (Lipinski definition) is 1. The monoisotopic (exact) mass is 283 g/mol. The summed E-state index contributed by atoms with van der Waals surface area (Å²) < 4.78 is 6.54. The zero-order valence-corrected chi connectivity index (χ0v) is 11.4. The molecule has 0 spiro atoms. The predicted molar refractivity (Wildman–Crippen MR) is 69.7 cm³/mol. The van der Waals surface area contributed by atoms with E-state index >= 15 is 0 Å². The number of nitrogens with one attached hydrogen (secondary N) is 1. The van der Waals surface area contributed by atoms with Gasteiger partial charge in [-0.25, -0.2) is 0 Å². The van der Waals surface area contributed by atoms with E-state index in [1.54, 1.807) is 0 Å². The fraction of sp³-hybridized carbons (Fsp3) is 0.538. The van der Waals surface area contributed by atoms with Crippen LogP contribution in [0.25, 0.3) is 0 Å².